The van der Waals surface area contributed by atoms with E-state index in [0.717, 1.165) is 5.92 Å². The third kappa shape index (κ3) is 3.52. The molecule has 0 radical (unpaired) electrons. The van der Waals surface area contributed by atoms with Crippen molar-refractivity contribution in [3.05, 3.63) is 0 Å². The first-order valence-electron chi connectivity index (χ1n) is 4.04. The Morgan fingerprint density at radius 3 is 1.89 bits per heavy atom. The van der Waals surface area contributed by atoms with E-state index in [-0.39, 0.29) is 0 Å². The van der Waals surface area contributed by atoms with Crippen LogP contribution in [0.4, 0.5) is 0 Å². The van der Waals surface area contributed by atoms with Crippen molar-refractivity contribution in [3.63, 3.8) is 0 Å². The molecule has 1 saturated carbocycles. The normalized spacial score (nSPS) is 33.3. The summed E-state index contributed by atoms with van der Waals surface area (Å²) in [7, 11) is 0. The lowest BCUT2D eigenvalue weighted by atomic mass is 10.1. The van der Waals surface area contributed by atoms with Gasteiger partial charge in [0, 0.05) is 6.04 Å². The van der Waals surface area contributed by atoms with Gasteiger partial charge in [-0.25, -0.2) is 0 Å². The maximum atomic E-state index is 5.63. The molecule has 1 fully saturated rings. The van der Waals surface area contributed by atoms with Crippen LogP contribution in [0.15, 0.2) is 0 Å². The molecule has 1 rings (SSSR count). The third-order valence-corrected chi connectivity index (χ3v) is 1.74. The van der Waals surface area contributed by atoms with Crippen LogP contribution in [-0.2, 0) is 0 Å². The molecule has 0 amide bonds. The van der Waals surface area contributed by atoms with Crippen LogP contribution in [0.3, 0.4) is 0 Å². The van der Waals surface area contributed by atoms with Gasteiger partial charge in [0.1, 0.15) is 0 Å². The van der Waals surface area contributed by atoms with Crippen molar-refractivity contribution in [1.29, 1.82) is 0 Å². The van der Waals surface area contributed by atoms with E-state index in [9.17, 15) is 0 Å². The molecule has 0 heterocycles. The van der Waals surface area contributed by atoms with Crippen molar-refractivity contribution < 1.29 is 0 Å². The van der Waals surface area contributed by atoms with E-state index in [1.807, 2.05) is 13.8 Å². The Morgan fingerprint density at radius 1 is 1.22 bits per heavy atom. The van der Waals surface area contributed by atoms with Gasteiger partial charge in [-0.3, -0.25) is 0 Å². The summed E-state index contributed by atoms with van der Waals surface area (Å²) < 4.78 is 0. The largest absolute Gasteiger partial charge is 0.328 e. The molecule has 0 saturated heterocycles. The van der Waals surface area contributed by atoms with Gasteiger partial charge in [0.15, 0.2) is 0 Å². The second-order valence-corrected chi connectivity index (χ2v) is 2.68. The summed E-state index contributed by atoms with van der Waals surface area (Å²) in [4.78, 5) is 0. The highest BCUT2D eigenvalue weighted by atomic mass is 14.6. The first kappa shape index (κ1) is 8.96. The highest BCUT2D eigenvalue weighted by Crippen LogP contribution is 2.22. The minimum atomic E-state index is 0.523. The maximum Gasteiger partial charge on any atom is 0.00414 e. The Morgan fingerprint density at radius 2 is 1.78 bits per heavy atom. The van der Waals surface area contributed by atoms with Crippen molar-refractivity contribution >= 4 is 0 Å². The second-order valence-electron chi connectivity index (χ2n) is 2.68. The number of rotatable bonds is 0. The van der Waals surface area contributed by atoms with Crippen molar-refractivity contribution in [1.82, 2.24) is 0 Å². The Labute approximate surface area is 58.6 Å². The molecule has 1 unspecified atom stereocenters. The molecule has 0 aromatic heterocycles. The lowest BCUT2D eigenvalue weighted by Crippen LogP contribution is -2.14. The van der Waals surface area contributed by atoms with Crippen LogP contribution in [0.2, 0.25) is 0 Å². The monoisotopic (exact) mass is 129 g/mol. The van der Waals surface area contributed by atoms with Gasteiger partial charge in [0.2, 0.25) is 0 Å². The zero-order valence-electron chi connectivity index (χ0n) is 6.85. The van der Waals surface area contributed by atoms with E-state index in [0.29, 0.717) is 6.04 Å². The van der Waals surface area contributed by atoms with Crippen LogP contribution in [0.5, 0.6) is 0 Å². The molecule has 56 valence electrons. The van der Waals surface area contributed by atoms with Gasteiger partial charge in [-0.1, -0.05) is 20.8 Å². The summed E-state index contributed by atoms with van der Waals surface area (Å²) >= 11 is 0. The van der Waals surface area contributed by atoms with Crippen LogP contribution >= 0.6 is 0 Å². The fourth-order valence-electron chi connectivity index (χ4n) is 1.25. The van der Waals surface area contributed by atoms with Crippen LogP contribution in [0, 0.1) is 5.92 Å². The molecule has 2 atom stereocenters. The molecule has 0 aliphatic heterocycles. The van der Waals surface area contributed by atoms with E-state index in [4.69, 9.17) is 5.73 Å². The average Bonchev–Trinajstić information content (AvgIpc) is 2.20. The maximum absolute atomic E-state index is 5.63. The fourth-order valence-corrected chi connectivity index (χ4v) is 1.25. The van der Waals surface area contributed by atoms with Crippen molar-refractivity contribution in [2.24, 2.45) is 11.7 Å². The molecule has 1 aliphatic rings. The summed E-state index contributed by atoms with van der Waals surface area (Å²) in [6.07, 6.45) is 3.85. The molecule has 0 bridgehead atoms. The Kier molecular flexibility index (Phi) is 4.78. The summed E-state index contributed by atoms with van der Waals surface area (Å²) in [5, 5.41) is 0. The van der Waals surface area contributed by atoms with Crippen LogP contribution in [-0.4, -0.2) is 6.04 Å². The molecular weight excluding hydrogens is 110 g/mol. The molecule has 0 aromatic carbocycles. The average molecular weight is 129 g/mol. The summed E-state index contributed by atoms with van der Waals surface area (Å²) in [6.45, 7) is 6.27. The predicted molar refractivity (Wildman–Crippen MR) is 42.3 cm³/mol. The van der Waals surface area contributed by atoms with Gasteiger partial charge in [-0.15, -0.1) is 0 Å². The van der Waals surface area contributed by atoms with Crippen molar-refractivity contribution in [3.8, 4) is 0 Å². The van der Waals surface area contributed by atoms with Crippen molar-refractivity contribution in [2.75, 3.05) is 0 Å². The fraction of sp³-hybridized carbons (Fsp3) is 1.00. The number of hydrogen-bond acceptors (Lipinski definition) is 1. The highest BCUT2D eigenvalue weighted by molar-refractivity contribution is 4.73. The first-order chi connectivity index (χ1) is 4.29. The first-order valence-corrected chi connectivity index (χ1v) is 4.04. The van der Waals surface area contributed by atoms with Crippen LogP contribution < -0.4 is 5.73 Å². The highest BCUT2D eigenvalue weighted by Gasteiger charge is 2.16. The molecule has 9 heavy (non-hydrogen) atoms. The van der Waals surface area contributed by atoms with Gasteiger partial charge in [-0.05, 0) is 25.2 Å². The Balaban J connectivity index is 0.000000291. The summed E-state index contributed by atoms with van der Waals surface area (Å²) in [6, 6.07) is 0.523. The standard InChI is InChI=1S/C6H13N.C2H6/c1-5-2-3-6(7)4-5;1-2/h5-6H,2-4,7H2,1H3;1-2H3/t5?,6-;/m1./s1. The predicted octanol–water partition coefficient (Wildman–Crippen LogP) is 2.16. The minimum Gasteiger partial charge on any atom is -0.328 e. The van der Waals surface area contributed by atoms with Crippen molar-refractivity contribution in [2.45, 2.75) is 46.1 Å². The molecule has 2 N–H and O–H groups in total. The van der Waals surface area contributed by atoms with Crippen LogP contribution in [0.1, 0.15) is 40.0 Å². The van der Waals surface area contributed by atoms with Gasteiger partial charge >= 0.3 is 0 Å². The molecule has 0 aromatic rings. The lowest BCUT2D eigenvalue weighted by molar-refractivity contribution is 0.594. The number of nitrogens with two attached hydrogens (primary N) is 1. The zero-order valence-corrected chi connectivity index (χ0v) is 6.85. The molecule has 0 spiro atoms. The molecule has 1 heteroatoms. The van der Waals surface area contributed by atoms with Gasteiger partial charge < -0.3 is 5.73 Å². The van der Waals surface area contributed by atoms with Gasteiger partial charge in [-0.2, -0.15) is 0 Å². The van der Waals surface area contributed by atoms with Gasteiger partial charge in [0.25, 0.3) is 0 Å². The van der Waals surface area contributed by atoms with E-state index in [2.05, 4.69) is 6.92 Å². The van der Waals surface area contributed by atoms with E-state index in [1.165, 1.54) is 19.3 Å². The minimum absolute atomic E-state index is 0.523. The molecule has 1 nitrogen and oxygen atoms in total. The van der Waals surface area contributed by atoms with Crippen LogP contribution in [0.25, 0.3) is 0 Å². The van der Waals surface area contributed by atoms with E-state index >= 15 is 0 Å². The second kappa shape index (κ2) is 4.80. The lowest BCUT2D eigenvalue weighted by Gasteiger charge is -1.97. The Bertz CT molecular complexity index is 53.6. The van der Waals surface area contributed by atoms with E-state index < -0.39 is 0 Å². The van der Waals surface area contributed by atoms with E-state index in [1.54, 1.807) is 0 Å². The summed E-state index contributed by atoms with van der Waals surface area (Å²) in [5.74, 6) is 0.898. The molecule has 1 aliphatic carbocycles. The zero-order chi connectivity index (χ0) is 7.28. The SMILES string of the molecule is CC.CC1CC[C@@H](N)C1. The third-order valence-electron chi connectivity index (χ3n) is 1.74. The van der Waals surface area contributed by atoms with Gasteiger partial charge in [0.05, 0.1) is 0 Å². The number of hydrogen-bond donors (Lipinski definition) is 1. The molecular formula is C8H19N. The topological polar surface area (TPSA) is 26.0 Å². The Hall–Kier alpha value is -0.0400. The summed E-state index contributed by atoms with van der Waals surface area (Å²) in [5.41, 5.74) is 5.63. The quantitative estimate of drug-likeness (QED) is 0.533. The smallest absolute Gasteiger partial charge is 0.00414 e.